The number of hydrogen-bond acceptors (Lipinski definition) is 6. The Labute approximate surface area is 164 Å². The van der Waals surface area contributed by atoms with E-state index in [1.54, 1.807) is 17.7 Å². The Hall–Kier alpha value is -2.29. The predicted molar refractivity (Wildman–Crippen MR) is 106 cm³/mol. The smallest absolute Gasteiger partial charge is 0.238 e. The Morgan fingerprint density at radius 2 is 2.04 bits per heavy atom. The van der Waals surface area contributed by atoms with Crippen LogP contribution in [-0.4, -0.2) is 53.5 Å². The first-order chi connectivity index (χ1) is 13.1. The monoisotopic (exact) mass is 405 g/mol. The Morgan fingerprint density at radius 1 is 1.22 bits per heavy atom. The lowest BCUT2D eigenvalue weighted by Gasteiger charge is -2.35. The number of carbonyl (C=O) groups excluding carboxylic acids is 1. The first kappa shape index (κ1) is 18.1. The van der Waals surface area contributed by atoms with Gasteiger partial charge in [-0.1, -0.05) is 11.6 Å². The Bertz CT molecular complexity index is 973. The van der Waals surface area contributed by atoms with Gasteiger partial charge in [0.2, 0.25) is 5.91 Å². The highest BCUT2D eigenvalue weighted by atomic mass is 35.5. The number of amides is 1. The van der Waals surface area contributed by atoms with Gasteiger partial charge < -0.3 is 10.2 Å². The van der Waals surface area contributed by atoms with Gasteiger partial charge in [0.15, 0.2) is 0 Å². The molecule has 0 spiro atoms. The molecule has 1 N–H and O–H groups in total. The van der Waals surface area contributed by atoms with Crippen molar-refractivity contribution in [3.8, 4) is 0 Å². The largest absolute Gasteiger partial charge is 0.353 e. The third kappa shape index (κ3) is 4.02. The molecule has 4 rings (SSSR count). The Balaban J connectivity index is 1.35. The van der Waals surface area contributed by atoms with Crippen molar-refractivity contribution in [1.82, 2.24) is 14.9 Å². The van der Waals surface area contributed by atoms with Crippen LogP contribution >= 0.6 is 22.9 Å². The van der Waals surface area contributed by atoms with Gasteiger partial charge in [0.1, 0.15) is 22.8 Å². The second-order valence-electron chi connectivity index (χ2n) is 6.27. The molecule has 1 aliphatic heterocycles. The van der Waals surface area contributed by atoms with Crippen molar-refractivity contribution in [2.75, 3.05) is 42.9 Å². The van der Waals surface area contributed by atoms with E-state index in [1.807, 2.05) is 16.3 Å². The highest BCUT2D eigenvalue weighted by Crippen LogP contribution is 2.27. The van der Waals surface area contributed by atoms with Crippen molar-refractivity contribution >= 4 is 50.6 Å². The maximum Gasteiger partial charge on any atom is 0.238 e. The molecule has 140 valence electrons. The number of rotatable bonds is 4. The first-order valence-corrected chi connectivity index (χ1v) is 9.76. The summed E-state index contributed by atoms with van der Waals surface area (Å²) in [6.45, 7) is 3.18. The minimum absolute atomic E-state index is 0.104. The number of nitrogens with zero attached hydrogens (tertiary/aromatic N) is 4. The van der Waals surface area contributed by atoms with Crippen LogP contribution in [0.5, 0.6) is 0 Å². The van der Waals surface area contributed by atoms with Crippen molar-refractivity contribution in [2.24, 2.45) is 0 Å². The molecule has 1 saturated heterocycles. The fourth-order valence-electron chi connectivity index (χ4n) is 3.13. The lowest BCUT2D eigenvalue weighted by atomic mass is 10.2. The number of hydrogen-bond donors (Lipinski definition) is 1. The molecule has 0 atom stereocenters. The number of anilines is 2. The van der Waals surface area contributed by atoms with E-state index < -0.39 is 5.82 Å². The van der Waals surface area contributed by atoms with E-state index in [0.717, 1.165) is 42.2 Å². The number of benzene rings is 1. The average Bonchev–Trinajstić information content (AvgIpc) is 3.14. The van der Waals surface area contributed by atoms with E-state index in [-0.39, 0.29) is 18.1 Å². The molecule has 9 heteroatoms. The molecule has 0 bridgehead atoms. The van der Waals surface area contributed by atoms with Crippen LogP contribution in [0.2, 0.25) is 5.02 Å². The normalized spacial score (nSPS) is 15.3. The van der Waals surface area contributed by atoms with Gasteiger partial charge in [0, 0.05) is 31.2 Å². The molecule has 3 aromatic rings. The van der Waals surface area contributed by atoms with Gasteiger partial charge in [-0.15, -0.1) is 11.3 Å². The second kappa shape index (κ2) is 7.75. The maximum atomic E-state index is 13.7. The minimum Gasteiger partial charge on any atom is -0.353 e. The molecule has 1 fully saturated rings. The molecule has 6 nitrogen and oxygen atoms in total. The molecule has 2 aromatic heterocycles. The maximum absolute atomic E-state index is 13.7. The number of nitrogens with one attached hydrogen (secondary N) is 1. The summed E-state index contributed by atoms with van der Waals surface area (Å²) in [5.41, 5.74) is 0.104. The molecule has 27 heavy (non-hydrogen) atoms. The molecule has 3 heterocycles. The molecule has 1 aliphatic rings. The molecule has 0 radical (unpaired) electrons. The molecule has 0 unspecified atom stereocenters. The number of aromatic nitrogens is 2. The molecule has 0 aliphatic carbocycles. The molecule has 1 aromatic carbocycles. The van der Waals surface area contributed by atoms with E-state index in [2.05, 4.69) is 20.2 Å². The summed E-state index contributed by atoms with van der Waals surface area (Å²) in [4.78, 5) is 26.2. The van der Waals surface area contributed by atoms with Gasteiger partial charge in [0.05, 0.1) is 17.6 Å². The van der Waals surface area contributed by atoms with Gasteiger partial charge in [-0.05, 0) is 29.6 Å². The van der Waals surface area contributed by atoms with Gasteiger partial charge >= 0.3 is 0 Å². The minimum atomic E-state index is -0.499. The Morgan fingerprint density at radius 3 is 2.85 bits per heavy atom. The number of halogens is 2. The summed E-state index contributed by atoms with van der Waals surface area (Å²) >= 11 is 7.45. The molecule has 1 amide bonds. The van der Waals surface area contributed by atoms with E-state index in [0.29, 0.717) is 5.02 Å². The fourth-order valence-corrected chi connectivity index (χ4v) is 4.03. The number of piperazine rings is 1. The van der Waals surface area contributed by atoms with Crippen LogP contribution in [0.15, 0.2) is 36.0 Å². The topological polar surface area (TPSA) is 61.4 Å². The lowest BCUT2D eigenvalue weighted by molar-refractivity contribution is -0.117. The van der Waals surface area contributed by atoms with Gasteiger partial charge in [-0.3, -0.25) is 9.69 Å². The zero-order chi connectivity index (χ0) is 18.8. The van der Waals surface area contributed by atoms with Gasteiger partial charge in [-0.2, -0.15) is 0 Å². The highest BCUT2D eigenvalue weighted by Gasteiger charge is 2.22. The fraction of sp³-hybridized carbons (Fsp3) is 0.278. The van der Waals surface area contributed by atoms with E-state index in [4.69, 9.17) is 11.6 Å². The first-order valence-electron chi connectivity index (χ1n) is 8.50. The Kier molecular flexibility index (Phi) is 5.20. The zero-order valence-electron chi connectivity index (χ0n) is 14.4. The summed E-state index contributed by atoms with van der Waals surface area (Å²) < 4.78 is 13.7. The third-order valence-electron chi connectivity index (χ3n) is 4.48. The molecule has 0 saturated carbocycles. The van der Waals surface area contributed by atoms with Crippen LogP contribution in [0, 0.1) is 5.82 Å². The summed E-state index contributed by atoms with van der Waals surface area (Å²) in [6.07, 6.45) is 1.59. The SMILES string of the molecule is O=C(CN1CCN(c2ncnc3sccc23)CC1)Nc1cc(Cl)ccc1F. The van der Waals surface area contributed by atoms with E-state index in [1.165, 1.54) is 18.2 Å². The molecular weight excluding hydrogens is 389 g/mol. The van der Waals surface area contributed by atoms with Crippen molar-refractivity contribution in [1.29, 1.82) is 0 Å². The zero-order valence-corrected chi connectivity index (χ0v) is 15.9. The van der Waals surface area contributed by atoms with E-state index in [9.17, 15) is 9.18 Å². The molecular formula is C18H17ClFN5OS. The number of fused-ring (bicyclic) bond motifs is 1. The quantitative estimate of drug-likeness (QED) is 0.722. The van der Waals surface area contributed by atoms with Crippen LogP contribution in [0.25, 0.3) is 10.2 Å². The third-order valence-corrected chi connectivity index (χ3v) is 5.54. The summed E-state index contributed by atoms with van der Waals surface area (Å²) in [6, 6.07) is 6.13. The van der Waals surface area contributed by atoms with Crippen molar-refractivity contribution in [2.45, 2.75) is 0 Å². The van der Waals surface area contributed by atoms with Crippen LogP contribution < -0.4 is 10.2 Å². The standard InChI is InChI=1S/C18H17ClFN5OS/c19-12-1-2-14(20)15(9-12)23-16(26)10-24-4-6-25(7-5-24)17-13-3-8-27-18(13)22-11-21-17/h1-3,8-9,11H,4-7,10H2,(H,23,26). The van der Waals surface area contributed by atoms with Crippen molar-refractivity contribution in [3.05, 3.63) is 46.8 Å². The lowest BCUT2D eigenvalue weighted by Crippen LogP contribution is -2.49. The summed E-state index contributed by atoms with van der Waals surface area (Å²) in [5, 5.41) is 6.04. The van der Waals surface area contributed by atoms with Gasteiger partial charge in [0.25, 0.3) is 0 Å². The van der Waals surface area contributed by atoms with Crippen molar-refractivity contribution < 1.29 is 9.18 Å². The van der Waals surface area contributed by atoms with Gasteiger partial charge in [-0.25, -0.2) is 14.4 Å². The average molecular weight is 406 g/mol. The summed E-state index contributed by atoms with van der Waals surface area (Å²) in [7, 11) is 0. The van der Waals surface area contributed by atoms with Crippen molar-refractivity contribution in [3.63, 3.8) is 0 Å². The predicted octanol–water partition coefficient (Wildman–Crippen LogP) is 3.24. The van der Waals surface area contributed by atoms with E-state index >= 15 is 0 Å². The van der Waals surface area contributed by atoms with Crippen LogP contribution in [0.1, 0.15) is 0 Å². The highest BCUT2D eigenvalue weighted by molar-refractivity contribution is 7.16. The van der Waals surface area contributed by atoms with Crippen LogP contribution in [0.3, 0.4) is 0 Å². The van der Waals surface area contributed by atoms with Crippen LogP contribution in [-0.2, 0) is 4.79 Å². The second-order valence-corrected chi connectivity index (χ2v) is 7.60. The number of carbonyl (C=O) groups is 1. The summed E-state index contributed by atoms with van der Waals surface area (Å²) in [5.74, 6) is 0.180. The van der Waals surface area contributed by atoms with Crippen LogP contribution in [0.4, 0.5) is 15.9 Å². The number of thiophene rings is 1.